The number of nitrogens with two attached hydrogens (primary N) is 1. The molecule has 0 spiro atoms. The smallest absolute Gasteiger partial charge is 0.221 e. The van der Waals surface area contributed by atoms with Gasteiger partial charge in [0, 0.05) is 43.5 Å². The van der Waals surface area contributed by atoms with Gasteiger partial charge in [0.25, 0.3) is 0 Å². The molecule has 2 unspecified atom stereocenters. The van der Waals surface area contributed by atoms with Crippen molar-refractivity contribution in [3.63, 3.8) is 0 Å². The largest absolute Gasteiger partial charge is 0.371 e. The molecule has 1 amide bonds. The van der Waals surface area contributed by atoms with Gasteiger partial charge in [-0.05, 0) is 61.8 Å². The van der Waals surface area contributed by atoms with Crippen LogP contribution < -0.4 is 15.5 Å². The number of carbonyl (C=O) groups is 1. The van der Waals surface area contributed by atoms with Crippen LogP contribution >= 0.6 is 0 Å². The van der Waals surface area contributed by atoms with E-state index < -0.39 is 0 Å². The predicted molar refractivity (Wildman–Crippen MR) is 115 cm³/mol. The van der Waals surface area contributed by atoms with Crippen LogP contribution in [-0.4, -0.2) is 32.1 Å². The standard InChI is InChI=1S/C24H31N3O/c25-24(28)23(19-9-7-15-26(17-19)21-11-3-1-4-12-21)20-10-8-16-27(18-20)22-13-5-2-6-14-22/h1-6,11-14,19-20,23H,7-10,15-18H2,(H2,25,28). The molecule has 2 fully saturated rings. The van der Waals surface area contributed by atoms with Crippen LogP contribution in [0, 0.1) is 17.8 Å². The Morgan fingerprint density at radius 2 is 1.21 bits per heavy atom. The lowest BCUT2D eigenvalue weighted by atomic mass is 9.74. The minimum atomic E-state index is -0.111. The Kier molecular flexibility index (Phi) is 5.84. The fraction of sp³-hybridized carbons (Fsp3) is 0.458. The van der Waals surface area contributed by atoms with E-state index in [-0.39, 0.29) is 11.8 Å². The van der Waals surface area contributed by atoms with E-state index in [2.05, 4.69) is 70.5 Å². The van der Waals surface area contributed by atoms with Crippen molar-refractivity contribution in [2.75, 3.05) is 36.0 Å². The first-order valence-electron chi connectivity index (χ1n) is 10.6. The molecule has 4 heteroatoms. The van der Waals surface area contributed by atoms with Crippen LogP contribution in [0.15, 0.2) is 60.7 Å². The minimum Gasteiger partial charge on any atom is -0.371 e. The normalized spacial score (nSPS) is 24.0. The van der Waals surface area contributed by atoms with Crippen LogP contribution in [0.1, 0.15) is 25.7 Å². The Morgan fingerprint density at radius 3 is 1.61 bits per heavy atom. The maximum atomic E-state index is 12.6. The van der Waals surface area contributed by atoms with E-state index in [4.69, 9.17) is 5.73 Å². The van der Waals surface area contributed by atoms with Crippen LogP contribution in [0.2, 0.25) is 0 Å². The number of para-hydroxylation sites is 2. The molecule has 2 aliphatic rings. The van der Waals surface area contributed by atoms with Crippen LogP contribution in [0.25, 0.3) is 0 Å². The maximum Gasteiger partial charge on any atom is 0.221 e. The van der Waals surface area contributed by atoms with E-state index >= 15 is 0 Å². The number of primary amides is 1. The average Bonchev–Trinajstić information content (AvgIpc) is 2.75. The van der Waals surface area contributed by atoms with Gasteiger partial charge in [0.2, 0.25) is 5.91 Å². The molecule has 0 aromatic heterocycles. The summed E-state index contributed by atoms with van der Waals surface area (Å²) in [5.74, 6) is 0.525. The Labute approximate surface area is 168 Å². The van der Waals surface area contributed by atoms with E-state index in [0.29, 0.717) is 11.8 Å². The lowest BCUT2D eigenvalue weighted by molar-refractivity contribution is -0.125. The number of nitrogens with zero attached hydrogens (tertiary/aromatic N) is 2. The molecule has 28 heavy (non-hydrogen) atoms. The highest BCUT2D eigenvalue weighted by Crippen LogP contribution is 2.36. The number of piperidine rings is 2. The van der Waals surface area contributed by atoms with Gasteiger partial charge >= 0.3 is 0 Å². The van der Waals surface area contributed by atoms with Gasteiger partial charge in [-0.1, -0.05) is 36.4 Å². The second-order valence-electron chi connectivity index (χ2n) is 8.30. The summed E-state index contributed by atoms with van der Waals surface area (Å²) in [7, 11) is 0. The monoisotopic (exact) mass is 377 g/mol. The first kappa shape index (κ1) is 18.9. The molecule has 2 N–H and O–H groups in total. The molecule has 2 atom stereocenters. The predicted octanol–water partition coefficient (Wildman–Crippen LogP) is 3.92. The number of rotatable bonds is 5. The third-order valence-electron chi connectivity index (χ3n) is 6.50. The van der Waals surface area contributed by atoms with Crippen molar-refractivity contribution in [3.8, 4) is 0 Å². The summed E-state index contributed by atoms with van der Waals surface area (Å²) in [6, 6.07) is 21.1. The molecule has 4 rings (SSSR count). The molecule has 2 saturated heterocycles. The lowest BCUT2D eigenvalue weighted by Crippen LogP contribution is -2.49. The Morgan fingerprint density at radius 1 is 0.786 bits per heavy atom. The van der Waals surface area contributed by atoms with Gasteiger partial charge in [0.1, 0.15) is 0 Å². The summed E-state index contributed by atoms with van der Waals surface area (Å²) in [6.07, 6.45) is 4.44. The summed E-state index contributed by atoms with van der Waals surface area (Å²) in [5.41, 5.74) is 8.50. The molecule has 148 valence electrons. The summed E-state index contributed by atoms with van der Waals surface area (Å²) in [6.45, 7) is 3.98. The van der Waals surface area contributed by atoms with Crippen molar-refractivity contribution in [1.82, 2.24) is 0 Å². The van der Waals surface area contributed by atoms with Gasteiger partial charge in [-0.3, -0.25) is 4.79 Å². The molecule has 0 bridgehead atoms. The van der Waals surface area contributed by atoms with Crippen molar-refractivity contribution in [2.45, 2.75) is 25.7 Å². The average molecular weight is 378 g/mol. The fourth-order valence-electron chi connectivity index (χ4n) is 5.20. The van der Waals surface area contributed by atoms with E-state index in [1.165, 1.54) is 11.4 Å². The number of carbonyl (C=O) groups excluding carboxylic acids is 1. The van der Waals surface area contributed by atoms with Crippen LogP contribution in [0.3, 0.4) is 0 Å². The van der Waals surface area contributed by atoms with Crippen molar-refractivity contribution in [2.24, 2.45) is 23.5 Å². The van der Waals surface area contributed by atoms with Gasteiger partial charge in [0.05, 0.1) is 0 Å². The van der Waals surface area contributed by atoms with Gasteiger partial charge in [-0.2, -0.15) is 0 Å². The maximum absolute atomic E-state index is 12.6. The number of benzene rings is 2. The first-order chi connectivity index (χ1) is 13.7. The molecule has 0 aliphatic carbocycles. The lowest BCUT2D eigenvalue weighted by Gasteiger charge is -2.43. The fourth-order valence-corrected chi connectivity index (χ4v) is 5.20. The van der Waals surface area contributed by atoms with E-state index in [0.717, 1.165) is 51.9 Å². The van der Waals surface area contributed by atoms with Gasteiger partial charge in [-0.25, -0.2) is 0 Å². The van der Waals surface area contributed by atoms with Gasteiger partial charge in [0.15, 0.2) is 0 Å². The van der Waals surface area contributed by atoms with Gasteiger partial charge in [-0.15, -0.1) is 0 Å². The molecule has 2 heterocycles. The van der Waals surface area contributed by atoms with Crippen molar-refractivity contribution < 1.29 is 4.79 Å². The second-order valence-corrected chi connectivity index (χ2v) is 8.30. The Bertz CT molecular complexity index is 704. The highest BCUT2D eigenvalue weighted by molar-refractivity contribution is 5.77. The molecular formula is C24H31N3O. The highest BCUT2D eigenvalue weighted by atomic mass is 16.1. The number of anilines is 2. The molecule has 2 aliphatic heterocycles. The summed E-state index contributed by atoms with van der Waals surface area (Å²) in [5, 5.41) is 0. The minimum absolute atomic E-state index is 0.0435. The zero-order valence-electron chi connectivity index (χ0n) is 16.5. The van der Waals surface area contributed by atoms with Crippen LogP contribution in [-0.2, 0) is 4.79 Å². The summed E-state index contributed by atoms with van der Waals surface area (Å²) in [4.78, 5) is 17.4. The molecule has 0 radical (unpaired) electrons. The van der Waals surface area contributed by atoms with Crippen LogP contribution in [0.5, 0.6) is 0 Å². The quantitative estimate of drug-likeness (QED) is 0.859. The van der Waals surface area contributed by atoms with E-state index in [9.17, 15) is 4.79 Å². The zero-order valence-corrected chi connectivity index (χ0v) is 16.5. The highest BCUT2D eigenvalue weighted by Gasteiger charge is 2.38. The SMILES string of the molecule is NC(=O)C(C1CCCN(c2ccccc2)C1)C1CCCN(c2ccccc2)C1. The molecule has 4 nitrogen and oxygen atoms in total. The van der Waals surface area contributed by atoms with Crippen molar-refractivity contribution in [1.29, 1.82) is 0 Å². The molecular weight excluding hydrogens is 346 g/mol. The topological polar surface area (TPSA) is 49.6 Å². The summed E-state index contributed by atoms with van der Waals surface area (Å²) >= 11 is 0. The molecule has 2 aromatic carbocycles. The van der Waals surface area contributed by atoms with Gasteiger partial charge < -0.3 is 15.5 Å². The number of amides is 1. The third-order valence-corrected chi connectivity index (χ3v) is 6.50. The molecule has 0 saturated carbocycles. The van der Waals surface area contributed by atoms with E-state index in [1.54, 1.807) is 0 Å². The van der Waals surface area contributed by atoms with E-state index in [1.807, 2.05) is 0 Å². The second kappa shape index (κ2) is 8.68. The number of hydrogen-bond acceptors (Lipinski definition) is 3. The number of hydrogen-bond donors (Lipinski definition) is 1. The summed E-state index contributed by atoms with van der Waals surface area (Å²) < 4.78 is 0. The van der Waals surface area contributed by atoms with Crippen LogP contribution in [0.4, 0.5) is 11.4 Å². The van der Waals surface area contributed by atoms with Crippen molar-refractivity contribution >= 4 is 17.3 Å². The zero-order chi connectivity index (χ0) is 19.3. The Balaban J connectivity index is 1.49. The Hall–Kier alpha value is -2.49. The van der Waals surface area contributed by atoms with Crippen molar-refractivity contribution in [3.05, 3.63) is 60.7 Å². The molecule has 2 aromatic rings. The first-order valence-corrected chi connectivity index (χ1v) is 10.6. The third kappa shape index (κ3) is 4.16.